The molecule has 100 heavy (non-hydrogen) atoms. The van der Waals surface area contributed by atoms with Gasteiger partial charge in [0.1, 0.15) is 77.3 Å². The maximum absolute atomic E-state index is 14.1. The molecule has 2 heterocycles. The number of cyclic esters (lactones) is 4. The smallest absolute Gasteiger partial charge is 0.339 e. The maximum Gasteiger partial charge on any atom is 0.339 e. The van der Waals surface area contributed by atoms with E-state index in [9.17, 15) is 19.2 Å². The average Bonchev–Trinajstić information content (AvgIpc) is 0.745. The zero-order valence-corrected chi connectivity index (χ0v) is 57.6. The van der Waals surface area contributed by atoms with Gasteiger partial charge in [-0.1, -0.05) is 121 Å². The van der Waals surface area contributed by atoms with Gasteiger partial charge in [0.05, 0.1) is 79.1 Å². The topological polar surface area (TPSA) is 253 Å². The second-order valence-corrected chi connectivity index (χ2v) is 22.0. The third-order valence-electron chi connectivity index (χ3n) is 16.3. The molecule has 0 fully saturated rings. The third-order valence-corrected chi connectivity index (χ3v) is 16.3. The minimum Gasteiger partial charge on any atom is -0.493 e. The number of carbonyl (C=O) groups is 4. The Balaban J connectivity index is 0.000000233. The van der Waals surface area contributed by atoms with E-state index in [1.165, 1.54) is 110 Å². The Kier molecular flexibility index (Phi) is 26.1. The van der Waals surface area contributed by atoms with Crippen LogP contribution < -0.4 is 56.8 Å². The Morgan fingerprint density at radius 2 is 0.460 bits per heavy atom. The van der Waals surface area contributed by atoms with Gasteiger partial charge in [-0.05, 0) is 46.5 Å². The monoisotopic (exact) mass is 1380 g/mol. The standard InChI is InChI=1S/2C38H40O12/c2*1-41-27-17-25-31(35(45-5)33(27)47-19-23-13-9-7-10-14-23)32-26(38(40)50-22-30(44-4)29(43-3)21-49-37(25)39)18-28(42-2)34(36(32)46-6)48-20-24-15-11-8-12-16-24/h2*7-18,29-30H,19-22H2,1-6H3/t2*29-,30-/m00/s1. The van der Waals surface area contributed by atoms with Crippen LogP contribution in [0.25, 0.3) is 22.3 Å². The molecule has 0 unspecified atom stereocenters. The quantitative estimate of drug-likeness (QED) is 0.0402. The van der Waals surface area contributed by atoms with Crippen LogP contribution in [0, 0.1) is 0 Å². The lowest BCUT2D eigenvalue weighted by Crippen LogP contribution is -2.39. The van der Waals surface area contributed by atoms with Crippen molar-refractivity contribution in [3.63, 3.8) is 0 Å². The summed E-state index contributed by atoms with van der Waals surface area (Å²) in [6.07, 6.45) is -3.08. The van der Waals surface area contributed by atoms with Crippen LogP contribution in [-0.4, -0.2) is 160 Å². The molecule has 0 aromatic heterocycles. The molecule has 0 radical (unpaired) electrons. The molecule has 0 bridgehead atoms. The van der Waals surface area contributed by atoms with Gasteiger partial charge in [0.25, 0.3) is 0 Å². The van der Waals surface area contributed by atoms with E-state index in [0.717, 1.165) is 22.3 Å². The highest BCUT2D eigenvalue weighted by molar-refractivity contribution is 6.10. The maximum atomic E-state index is 14.1. The molecule has 8 aromatic rings. The van der Waals surface area contributed by atoms with Crippen LogP contribution in [0.15, 0.2) is 146 Å². The van der Waals surface area contributed by atoms with E-state index < -0.39 is 48.3 Å². The molecule has 10 rings (SSSR count). The predicted octanol–water partition coefficient (Wildman–Crippen LogP) is 11.8. The van der Waals surface area contributed by atoms with Crippen LogP contribution in [0.3, 0.4) is 0 Å². The predicted molar refractivity (Wildman–Crippen MR) is 364 cm³/mol. The fraction of sp³-hybridized carbons (Fsp3) is 0.316. The Labute approximate surface area is 579 Å². The van der Waals surface area contributed by atoms with Gasteiger partial charge in [-0.25, -0.2) is 19.2 Å². The van der Waals surface area contributed by atoms with E-state index in [0.29, 0.717) is 0 Å². The summed E-state index contributed by atoms with van der Waals surface area (Å²) in [6, 6.07) is 43.8. The fourth-order valence-corrected chi connectivity index (χ4v) is 11.2. The van der Waals surface area contributed by atoms with Gasteiger partial charge in [-0.2, -0.15) is 0 Å². The minimum atomic E-state index is -0.771. The molecule has 0 spiro atoms. The molecule has 0 saturated heterocycles. The lowest BCUT2D eigenvalue weighted by molar-refractivity contribution is -0.0862. The van der Waals surface area contributed by atoms with Crippen molar-refractivity contribution in [2.45, 2.75) is 50.8 Å². The van der Waals surface area contributed by atoms with Crippen molar-refractivity contribution in [2.24, 2.45) is 0 Å². The molecule has 2 aliphatic heterocycles. The van der Waals surface area contributed by atoms with Crippen molar-refractivity contribution in [1.29, 1.82) is 0 Å². The van der Waals surface area contributed by atoms with Crippen molar-refractivity contribution in [3.8, 4) is 91.2 Å². The van der Waals surface area contributed by atoms with Gasteiger partial charge in [0.2, 0.25) is 23.0 Å². The largest absolute Gasteiger partial charge is 0.493 e. The van der Waals surface area contributed by atoms with Gasteiger partial charge in [0.15, 0.2) is 46.0 Å². The van der Waals surface area contributed by atoms with E-state index in [-0.39, 0.29) is 166 Å². The van der Waals surface area contributed by atoms with Crippen molar-refractivity contribution >= 4 is 23.9 Å². The normalized spacial score (nSPS) is 16.0. The first-order chi connectivity index (χ1) is 48.8. The lowest BCUT2D eigenvalue weighted by Gasteiger charge is -2.27. The van der Waals surface area contributed by atoms with E-state index >= 15 is 0 Å². The SMILES string of the molecule is COc1cc2c(c(OC)c1OCc1ccccc1)-c1c(cc(OC)c(OCc3ccccc3)c1OC)C(=O)OC[C@H](OC)[C@@H](OC)COC2=O.COc1cc2c(c(OC)c1OCc1ccccc1)-c1c(cc(OC)c(OCc3ccccc3)c1OC)C(=O)OC[C@H](OC)[C@@H](OC)COC2=O. The summed E-state index contributed by atoms with van der Waals surface area (Å²) in [7, 11) is 17.2. The molecule has 0 N–H and O–H groups in total. The molecule has 8 aromatic carbocycles. The van der Waals surface area contributed by atoms with Crippen molar-refractivity contribution < 1.29 is 114 Å². The molecule has 24 heteroatoms. The van der Waals surface area contributed by atoms with Crippen molar-refractivity contribution in [1.82, 2.24) is 0 Å². The van der Waals surface area contributed by atoms with Crippen LogP contribution in [0.2, 0.25) is 0 Å². The highest BCUT2D eigenvalue weighted by Crippen LogP contribution is 2.57. The number of benzene rings is 8. The van der Waals surface area contributed by atoms with Crippen LogP contribution in [0.4, 0.5) is 0 Å². The van der Waals surface area contributed by atoms with Crippen LogP contribution in [0.1, 0.15) is 63.7 Å². The van der Waals surface area contributed by atoms with Crippen LogP contribution in [0.5, 0.6) is 69.0 Å². The van der Waals surface area contributed by atoms with E-state index in [1.807, 2.05) is 121 Å². The van der Waals surface area contributed by atoms with E-state index in [1.54, 1.807) is 0 Å². The first-order valence-corrected chi connectivity index (χ1v) is 31.4. The zero-order valence-electron chi connectivity index (χ0n) is 57.6. The van der Waals surface area contributed by atoms with Crippen molar-refractivity contribution in [2.75, 3.05) is 112 Å². The second-order valence-electron chi connectivity index (χ2n) is 22.0. The minimum absolute atomic E-state index is 0.0262. The van der Waals surface area contributed by atoms with Crippen molar-refractivity contribution in [3.05, 3.63) is 190 Å². The summed E-state index contributed by atoms with van der Waals surface area (Å²) in [5, 5.41) is 0. The molecule has 2 aliphatic rings. The number of esters is 4. The molecular formula is C76H80O24. The van der Waals surface area contributed by atoms with Gasteiger partial charge < -0.3 is 94.7 Å². The van der Waals surface area contributed by atoms with Gasteiger partial charge in [0, 0.05) is 50.7 Å². The third kappa shape index (κ3) is 16.6. The van der Waals surface area contributed by atoms with E-state index in [4.69, 9.17) is 94.7 Å². The highest BCUT2D eigenvalue weighted by Gasteiger charge is 2.40. The molecule has 4 atom stereocenters. The molecule has 0 aliphatic carbocycles. The summed E-state index contributed by atoms with van der Waals surface area (Å²) < 4.78 is 118. The Hall–Kier alpha value is -10.9. The molecular weight excluding hydrogens is 1300 g/mol. The van der Waals surface area contributed by atoms with E-state index in [2.05, 4.69) is 0 Å². The van der Waals surface area contributed by atoms with Crippen LogP contribution in [-0.2, 0) is 64.3 Å². The Morgan fingerprint density at radius 1 is 0.270 bits per heavy atom. The summed E-state index contributed by atoms with van der Waals surface area (Å²) in [6.45, 7) is -0.371. The number of hydrogen-bond donors (Lipinski definition) is 0. The summed E-state index contributed by atoms with van der Waals surface area (Å²) in [5.74, 6) is -1.47. The molecule has 24 nitrogen and oxygen atoms in total. The average molecular weight is 1380 g/mol. The second kappa shape index (κ2) is 35.5. The number of methoxy groups -OCH3 is 12. The zero-order chi connectivity index (χ0) is 71.2. The Bertz CT molecular complexity index is 3550. The number of hydrogen-bond acceptors (Lipinski definition) is 24. The highest BCUT2D eigenvalue weighted by atomic mass is 16.6. The van der Waals surface area contributed by atoms with Gasteiger partial charge in [-0.3, -0.25) is 0 Å². The van der Waals surface area contributed by atoms with Crippen LogP contribution >= 0.6 is 0 Å². The summed E-state index contributed by atoms with van der Waals surface area (Å²) >= 11 is 0. The fourth-order valence-electron chi connectivity index (χ4n) is 11.2. The number of rotatable bonds is 24. The van der Waals surface area contributed by atoms with Gasteiger partial charge in [-0.15, -0.1) is 0 Å². The number of ether oxygens (including phenoxy) is 20. The molecule has 0 amide bonds. The summed E-state index contributed by atoms with van der Waals surface area (Å²) in [5.41, 5.74) is 3.78. The molecule has 0 saturated carbocycles. The molecule has 528 valence electrons. The first-order valence-electron chi connectivity index (χ1n) is 31.4. The number of fused-ring (bicyclic) bond motifs is 6. The summed E-state index contributed by atoms with van der Waals surface area (Å²) in [4.78, 5) is 56.5. The van der Waals surface area contributed by atoms with Gasteiger partial charge >= 0.3 is 23.9 Å². The lowest BCUT2D eigenvalue weighted by atomic mass is 9.91. The first kappa shape index (κ1) is 73.3. The Morgan fingerprint density at radius 3 is 0.620 bits per heavy atom. The number of carbonyl (C=O) groups excluding carboxylic acids is 4.